The Kier molecular flexibility index (Phi) is 7.37. The number of hydrogen-bond acceptors (Lipinski definition) is 4. The number of thiazole rings is 1. The van der Waals surface area contributed by atoms with Gasteiger partial charge in [0.15, 0.2) is 5.96 Å². The number of hydrogen-bond donors (Lipinski definition) is 2. The molecule has 0 spiro atoms. The smallest absolute Gasteiger partial charge is 0.191 e. The summed E-state index contributed by atoms with van der Waals surface area (Å²) in [6.45, 7) is 13.0. The highest BCUT2D eigenvalue weighted by molar-refractivity contribution is 7.11. The van der Waals surface area contributed by atoms with Crippen LogP contribution in [0.2, 0.25) is 0 Å². The van der Waals surface area contributed by atoms with E-state index in [4.69, 9.17) is 4.99 Å². The Morgan fingerprint density at radius 2 is 2.08 bits per heavy atom. The van der Waals surface area contributed by atoms with Crippen molar-refractivity contribution in [3.05, 3.63) is 45.7 Å². The Balaban J connectivity index is 2.04. The predicted octanol–water partition coefficient (Wildman–Crippen LogP) is 3.65. The van der Waals surface area contributed by atoms with Crippen LogP contribution in [0, 0.1) is 19.8 Å². The molecule has 0 aromatic carbocycles. The monoisotopic (exact) mass is 359 g/mol. The summed E-state index contributed by atoms with van der Waals surface area (Å²) in [4.78, 5) is 14.7. The first kappa shape index (κ1) is 19.4. The second kappa shape index (κ2) is 9.51. The third-order valence-corrected chi connectivity index (χ3v) is 5.19. The van der Waals surface area contributed by atoms with E-state index in [0.717, 1.165) is 29.8 Å². The molecule has 2 N–H and O–H groups in total. The van der Waals surface area contributed by atoms with E-state index in [9.17, 15) is 0 Å². The molecule has 2 aromatic rings. The van der Waals surface area contributed by atoms with Crippen LogP contribution >= 0.6 is 11.3 Å². The van der Waals surface area contributed by atoms with E-state index >= 15 is 0 Å². The van der Waals surface area contributed by atoms with Crippen LogP contribution in [0.4, 0.5) is 0 Å². The molecule has 0 radical (unpaired) electrons. The van der Waals surface area contributed by atoms with Gasteiger partial charge >= 0.3 is 0 Å². The van der Waals surface area contributed by atoms with Gasteiger partial charge in [-0.2, -0.15) is 0 Å². The van der Waals surface area contributed by atoms with Crippen LogP contribution in [0.1, 0.15) is 47.8 Å². The predicted molar refractivity (Wildman–Crippen MR) is 106 cm³/mol. The van der Waals surface area contributed by atoms with E-state index < -0.39 is 0 Å². The van der Waals surface area contributed by atoms with Gasteiger partial charge in [0.25, 0.3) is 0 Å². The van der Waals surface area contributed by atoms with E-state index in [1.54, 1.807) is 11.3 Å². The summed E-state index contributed by atoms with van der Waals surface area (Å²) >= 11 is 1.72. The summed E-state index contributed by atoms with van der Waals surface area (Å²) in [5.74, 6) is 1.76. The molecule has 2 rings (SSSR count). The zero-order valence-corrected chi connectivity index (χ0v) is 16.7. The summed E-state index contributed by atoms with van der Waals surface area (Å²) in [7, 11) is 0. The molecule has 6 heteroatoms. The largest absolute Gasteiger partial charge is 0.357 e. The molecule has 25 heavy (non-hydrogen) atoms. The molecule has 0 amide bonds. The standard InChI is InChI=1S/C19H29N5S/c1-6-21-19(23-12-18-14(4)24-15(5)25-18)22-11-17(13(2)3)16-8-7-9-20-10-16/h7-10,13,17H,6,11-12H2,1-5H3,(H2,21,22,23). The first-order valence-corrected chi connectivity index (χ1v) is 9.67. The van der Waals surface area contributed by atoms with Crippen molar-refractivity contribution in [2.75, 3.05) is 13.1 Å². The third-order valence-electron chi connectivity index (χ3n) is 4.13. The second-order valence-corrected chi connectivity index (χ2v) is 7.74. The maximum atomic E-state index is 4.73. The average Bonchev–Trinajstić information content (AvgIpc) is 2.91. The Bertz CT molecular complexity index is 678. The molecule has 1 unspecified atom stereocenters. The summed E-state index contributed by atoms with van der Waals surface area (Å²) < 4.78 is 0. The molecular formula is C19H29N5S. The van der Waals surface area contributed by atoms with Crippen molar-refractivity contribution in [1.82, 2.24) is 20.6 Å². The van der Waals surface area contributed by atoms with Crippen molar-refractivity contribution in [3.63, 3.8) is 0 Å². The molecule has 2 aromatic heterocycles. The highest BCUT2D eigenvalue weighted by Crippen LogP contribution is 2.22. The Hall–Kier alpha value is -1.95. The van der Waals surface area contributed by atoms with Crippen molar-refractivity contribution in [3.8, 4) is 0 Å². The summed E-state index contributed by atoms with van der Waals surface area (Å²) in [6.07, 6.45) is 3.78. The van der Waals surface area contributed by atoms with Crippen LogP contribution in [0.15, 0.2) is 29.5 Å². The van der Waals surface area contributed by atoms with Gasteiger partial charge in [-0.15, -0.1) is 11.3 Å². The van der Waals surface area contributed by atoms with E-state index in [1.807, 2.05) is 32.3 Å². The van der Waals surface area contributed by atoms with Gasteiger partial charge in [0.1, 0.15) is 0 Å². The van der Waals surface area contributed by atoms with Gasteiger partial charge in [-0.25, -0.2) is 9.98 Å². The lowest BCUT2D eigenvalue weighted by Gasteiger charge is -2.23. The fourth-order valence-electron chi connectivity index (χ4n) is 2.75. The summed E-state index contributed by atoms with van der Waals surface area (Å²) in [5, 5.41) is 7.92. The Morgan fingerprint density at radius 1 is 1.28 bits per heavy atom. The number of guanidine groups is 1. The third kappa shape index (κ3) is 5.81. The van der Waals surface area contributed by atoms with Gasteiger partial charge in [-0.05, 0) is 38.3 Å². The van der Waals surface area contributed by atoms with Gasteiger partial charge in [0.2, 0.25) is 0 Å². The molecule has 0 saturated carbocycles. The van der Waals surface area contributed by atoms with Crippen LogP contribution in [0.5, 0.6) is 0 Å². The van der Waals surface area contributed by atoms with Crippen LogP contribution in [-0.4, -0.2) is 29.0 Å². The highest BCUT2D eigenvalue weighted by Gasteiger charge is 2.16. The van der Waals surface area contributed by atoms with Gasteiger partial charge in [-0.3, -0.25) is 4.98 Å². The van der Waals surface area contributed by atoms with Crippen molar-refractivity contribution in [2.45, 2.75) is 47.1 Å². The van der Waals surface area contributed by atoms with Crippen LogP contribution in [0.25, 0.3) is 0 Å². The topological polar surface area (TPSA) is 62.2 Å². The zero-order chi connectivity index (χ0) is 18.2. The quantitative estimate of drug-likeness (QED) is 0.585. The van der Waals surface area contributed by atoms with Crippen LogP contribution < -0.4 is 10.6 Å². The number of rotatable bonds is 7. The maximum absolute atomic E-state index is 4.73. The van der Waals surface area contributed by atoms with Gasteiger partial charge in [0.05, 0.1) is 17.2 Å². The Morgan fingerprint density at radius 3 is 2.64 bits per heavy atom. The minimum absolute atomic E-state index is 0.393. The highest BCUT2D eigenvalue weighted by atomic mass is 32.1. The minimum Gasteiger partial charge on any atom is -0.357 e. The van der Waals surface area contributed by atoms with Crippen molar-refractivity contribution >= 4 is 17.3 Å². The summed E-state index contributed by atoms with van der Waals surface area (Å²) in [6, 6.07) is 4.14. The number of pyridine rings is 1. The van der Waals surface area contributed by atoms with E-state index in [1.165, 1.54) is 10.4 Å². The van der Waals surface area contributed by atoms with Crippen LogP contribution in [0.3, 0.4) is 0 Å². The second-order valence-electron chi connectivity index (χ2n) is 6.45. The fourth-order valence-corrected chi connectivity index (χ4v) is 3.61. The molecule has 0 aliphatic rings. The molecule has 0 aliphatic heterocycles. The molecule has 136 valence electrons. The van der Waals surface area contributed by atoms with E-state index in [0.29, 0.717) is 18.4 Å². The molecule has 1 atom stereocenters. The first-order chi connectivity index (χ1) is 12.0. The van der Waals surface area contributed by atoms with Gasteiger partial charge in [-0.1, -0.05) is 19.9 Å². The summed E-state index contributed by atoms with van der Waals surface area (Å²) in [5.41, 5.74) is 2.34. The van der Waals surface area contributed by atoms with E-state index in [-0.39, 0.29) is 0 Å². The first-order valence-electron chi connectivity index (χ1n) is 8.86. The van der Waals surface area contributed by atoms with Gasteiger partial charge in [0, 0.05) is 36.3 Å². The number of nitrogens with zero attached hydrogens (tertiary/aromatic N) is 3. The number of nitrogens with one attached hydrogen (secondary N) is 2. The minimum atomic E-state index is 0.393. The fraction of sp³-hybridized carbons (Fsp3) is 0.526. The molecule has 0 saturated heterocycles. The maximum Gasteiger partial charge on any atom is 0.191 e. The van der Waals surface area contributed by atoms with Crippen molar-refractivity contribution in [1.29, 1.82) is 0 Å². The lowest BCUT2D eigenvalue weighted by Crippen LogP contribution is -2.40. The van der Waals surface area contributed by atoms with Crippen molar-refractivity contribution in [2.24, 2.45) is 10.9 Å². The number of aliphatic imine (C=N–C) groups is 1. The molecule has 0 aliphatic carbocycles. The molecule has 0 fully saturated rings. The van der Waals surface area contributed by atoms with Crippen molar-refractivity contribution < 1.29 is 0 Å². The van der Waals surface area contributed by atoms with Gasteiger partial charge < -0.3 is 10.6 Å². The molecule has 2 heterocycles. The lowest BCUT2D eigenvalue weighted by atomic mass is 9.89. The Labute approximate surface area is 155 Å². The normalized spacial score (nSPS) is 13.1. The lowest BCUT2D eigenvalue weighted by molar-refractivity contribution is 0.487. The molecule has 0 bridgehead atoms. The number of aromatic nitrogens is 2. The SMILES string of the molecule is CCNC(=NCc1sc(C)nc1C)NCC(c1cccnc1)C(C)C. The van der Waals surface area contributed by atoms with Crippen LogP contribution in [-0.2, 0) is 6.54 Å². The molecular weight excluding hydrogens is 330 g/mol. The number of aryl methyl sites for hydroxylation is 2. The molecule has 5 nitrogen and oxygen atoms in total. The zero-order valence-electron chi connectivity index (χ0n) is 15.8. The van der Waals surface area contributed by atoms with E-state index in [2.05, 4.69) is 47.4 Å². The average molecular weight is 360 g/mol.